The van der Waals surface area contributed by atoms with Gasteiger partial charge >= 0.3 is 185 Å². The Morgan fingerprint density at radius 3 is 1.21 bits per heavy atom. The molecule has 0 saturated heterocycles. The number of allylic oxidation sites excluding steroid dienone is 8. The van der Waals surface area contributed by atoms with Crippen molar-refractivity contribution in [2.75, 3.05) is 0 Å². The van der Waals surface area contributed by atoms with Gasteiger partial charge in [0.25, 0.3) is 0 Å². The summed E-state index contributed by atoms with van der Waals surface area (Å²) in [7, 11) is 16.1. The third-order valence-corrected chi connectivity index (χ3v) is 59.1. The molecule has 0 aromatic carbocycles. The molecule has 4 heteroatoms. The summed E-state index contributed by atoms with van der Waals surface area (Å²) in [5, 5.41) is 0. The topological polar surface area (TPSA) is 0 Å². The van der Waals surface area contributed by atoms with E-state index in [0.717, 1.165) is 0 Å². The van der Waals surface area contributed by atoms with Gasteiger partial charge in [0.1, 0.15) is 0 Å². The van der Waals surface area contributed by atoms with Crippen LogP contribution < -0.4 is 0 Å². The van der Waals surface area contributed by atoms with E-state index in [1.165, 1.54) is 22.3 Å². The molecule has 2 aliphatic rings. The first-order chi connectivity index (χ1) is 12.7. The Balaban J connectivity index is 2.73. The summed E-state index contributed by atoms with van der Waals surface area (Å²) < 4.78 is 0.563. The third-order valence-electron chi connectivity index (χ3n) is 7.06. The fraction of sp³-hybridized carbons (Fsp3) is 0.667. The molecule has 0 fully saturated rings. The van der Waals surface area contributed by atoms with Crippen LogP contribution in [0.3, 0.4) is 0 Å². The second kappa shape index (κ2) is 8.64. The number of hydrogen-bond donors (Lipinski definition) is 0. The van der Waals surface area contributed by atoms with Crippen molar-refractivity contribution >= 4 is 22.9 Å². The van der Waals surface area contributed by atoms with E-state index in [4.69, 9.17) is 17.0 Å². The Morgan fingerprint density at radius 2 is 1.00 bits per heavy atom. The Labute approximate surface area is 183 Å². The fourth-order valence-electron chi connectivity index (χ4n) is 4.87. The molecule has 0 radical (unpaired) electrons. The van der Waals surface area contributed by atoms with Crippen molar-refractivity contribution in [3.63, 3.8) is 0 Å². The van der Waals surface area contributed by atoms with Gasteiger partial charge in [0, 0.05) is 0 Å². The van der Waals surface area contributed by atoms with Crippen molar-refractivity contribution in [1.82, 2.24) is 0 Å². The molecule has 2 atom stereocenters. The van der Waals surface area contributed by atoms with Crippen LogP contribution >= 0.6 is 17.0 Å². The van der Waals surface area contributed by atoms with E-state index >= 15 is 0 Å². The summed E-state index contributed by atoms with van der Waals surface area (Å²) in [6.07, 6.45) is 9.88. The number of halogens is 2. The van der Waals surface area contributed by atoms with Crippen LogP contribution in [0.5, 0.6) is 0 Å². The van der Waals surface area contributed by atoms with Crippen LogP contribution in [0.25, 0.3) is 0 Å². The van der Waals surface area contributed by atoms with Crippen LogP contribution in [0.2, 0.25) is 20.3 Å². The minimum atomic E-state index is -4.25. The van der Waals surface area contributed by atoms with E-state index in [9.17, 15) is 0 Å². The third kappa shape index (κ3) is 4.19. The van der Waals surface area contributed by atoms with Gasteiger partial charge in [0.05, 0.1) is 0 Å². The molecule has 0 saturated carbocycles. The monoisotopic (exact) mass is 517 g/mol. The van der Waals surface area contributed by atoms with Gasteiger partial charge in [-0.1, -0.05) is 0 Å². The standard InChI is InChI=1S/2C11H17.C2H7Si.2ClH.Zr/c2*1-8(2)10-5-6-11(7-10)9(3)4;1-3-2;;;/h2*5-9H,1-4H3;3H,1-2H3;2*1H;/q;;;;;+2/p-2. The molecule has 2 aliphatic carbocycles. The molecule has 28 heavy (non-hydrogen) atoms. The van der Waals surface area contributed by atoms with Crippen molar-refractivity contribution in [2.45, 2.75) is 75.7 Å². The van der Waals surface area contributed by atoms with Crippen molar-refractivity contribution in [1.29, 1.82) is 0 Å². The van der Waals surface area contributed by atoms with Crippen LogP contribution in [0.15, 0.2) is 46.6 Å². The molecule has 0 bridgehead atoms. The first-order valence-corrected chi connectivity index (χ1v) is 27.5. The molecule has 159 valence electrons. The Morgan fingerprint density at radius 1 is 0.679 bits per heavy atom. The number of hydrogen-bond acceptors (Lipinski definition) is 0. The van der Waals surface area contributed by atoms with E-state index in [2.05, 4.69) is 92.8 Å². The first kappa shape index (κ1) is 24.9. The van der Waals surface area contributed by atoms with Crippen LogP contribution in [0.1, 0.15) is 55.4 Å². The molecule has 0 nitrogen and oxygen atoms in total. The van der Waals surface area contributed by atoms with Gasteiger partial charge in [0.15, 0.2) is 0 Å². The molecule has 0 aliphatic heterocycles. The molecular formula is C24H41Cl2SiZr. The van der Waals surface area contributed by atoms with E-state index < -0.39 is 21.5 Å². The zero-order valence-electron chi connectivity index (χ0n) is 19.6. The Hall–Kier alpha value is 0.640. The van der Waals surface area contributed by atoms with E-state index in [0.29, 0.717) is 23.7 Å². The Bertz CT molecular complexity index is 680. The fourth-order valence-corrected chi connectivity index (χ4v) is 33.4. The van der Waals surface area contributed by atoms with Gasteiger partial charge < -0.3 is 0 Å². The van der Waals surface area contributed by atoms with Gasteiger partial charge in [-0.15, -0.1) is 0 Å². The zero-order chi connectivity index (χ0) is 21.6. The summed E-state index contributed by atoms with van der Waals surface area (Å²) in [6.45, 7) is 23.2. The Kier molecular flexibility index (Phi) is 7.69. The molecule has 2 unspecified atom stereocenters. The van der Waals surface area contributed by atoms with Gasteiger partial charge in [-0.2, -0.15) is 0 Å². The molecule has 0 aromatic rings. The second-order valence-corrected chi connectivity index (χ2v) is 53.3. The van der Waals surface area contributed by atoms with Crippen molar-refractivity contribution in [2.24, 2.45) is 23.7 Å². The summed E-state index contributed by atoms with van der Waals surface area (Å²) >= 11 is -4.25. The summed E-state index contributed by atoms with van der Waals surface area (Å²) in [4.78, 5) is 0. The SMILES string of the molecule is CC(C)C1=C[CH]([Zr]([Cl])([Cl])([CH]2C=C(C(C)C)C=C2C(C)C)[SiH](C)C)C(C(C)C)=C1. The van der Waals surface area contributed by atoms with Crippen LogP contribution in [0, 0.1) is 23.7 Å². The molecule has 0 aromatic heterocycles. The van der Waals surface area contributed by atoms with Crippen LogP contribution in [-0.4, -0.2) is 5.92 Å². The quantitative estimate of drug-likeness (QED) is 0.295. The van der Waals surface area contributed by atoms with Gasteiger partial charge in [-0.25, -0.2) is 0 Å². The molecule has 0 heterocycles. The van der Waals surface area contributed by atoms with Gasteiger partial charge in [0.2, 0.25) is 0 Å². The first-order valence-electron chi connectivity index (χ1n) is 11.1. The van der Waals surface area contributed by atoms with Gasteiger partial charge in [-0.05, 0) is 0 Å². The molecule has 2 rings (SSSR count). The molecule has 0 N–H and O–H groups in total. The average molecular weight is 520 g/mol. The zero-order valence-corrected chi connectivity index (χ0v) is 24.7. The maximum absolute atomic E-state index is 8.03. The van der Waals surface area contributed by atoms with E-state index in [1.54, 1.807) is 0 Å². The average Bonchev–Trinajstić information content (AvgIpc) is 3.20. The molecule has 0 amide bonds. The van der Waals surface area contributed by atoms with Gasteiger partial charge in [-0.3, -0.25) is 0 Å². The summed E-state index contributed by atoms with van der Waals surface area (Å²) in [6, 6.07) is 0. The van der Waals surface area contributed by atoms with E-state index in [1.807, 2.05) is 0 Å². The van der Waals surface area contributed by atoms with Crippen molar-refractivity contribution in [3.8, 4) is 0 Å². The minimum absolute atomic E-state index is 0.281. The molecular weight excluding hydrogens is 478 g/mol. The van der Waals surface area contributed by atoms with Crippen LogP contribution in [-0.2, 0) is 15.6 Å². The normalized spacial score (nSPS) is 24.8. The van der Waals surface area contributed by atoms with Crippen molar-refractivity contribution < 1.29 is 15.6 Å². The number of rotatable bonds is 7. The van der Waals surface area contributed by atoms with Crippen molar-refractivity contribution in [3.05, 3.63) is 46.6 Å². The summed E-state index contributed by atoms with van der Waals surface area (Å²) in [5.74, 6) is 0.676. The second-order valence-electron chi connectivity index (χ2n) is 10.6. The maximum atomic E-state index is 8.03. The summed E-state index contributed by atoms with van der Waals surface area (Å²) in [5.41, 5.74) is 5.86. The predicted molar refractivity (Wildman–Crippen MR) is 130 cm³/mol. The van der Waals surface area contributed by atoms with Crippen LogP contribution in [0.4, 0.5) is 0 Å². The molecule has 0 spiro atoms. The predicted octanol–water partition coefficient (Wildman–Crippen LogP) is 8.90. The van der Waals surface area contributed by atoms with E-state index in [-0.39, 0.29) is 7.25 Å².